The van der Waals surface area contributed by atoms with Crippen LogP contribution in [0.5, 0.6) is 0 Å². The van der Waals surface area contributed by atoms with Crippen LogP contribution in [0.2, 0.25) is 0 Å². The van der Waals surface area contributed by atoms with Crippen LogP contribution in [0.1, 0.15) is 38.5 Å². The third-order valence-electron chi connectivity index (χ3n) is 2.47. The molecule has 118 valence electrons. The van der Waals surface area contributed by atoms with Gasteiger partial charge in [-0.15, -0.1) is 39.5 Å². The van der Waals surface area contributed by atoms with Crippen molar-refractivity contribution >= 4 is 5.69 Å². The number of para-hydroxylation sites is 1. The van der Waals surface area contributed by atoms with Gasteiger partial charge in [0.2, 0.25) is 0 Å². The molecule has 3 heteroatoms. The van der Waals surface area contributed by atoms with Crippen molar-refractivity contribution in [1.82, 2.24) is 0 Å². The lowest BCUT2D eigenvalue weighted by Gasteiger charge is -2.05. The van der Waals surface area contributed by atoms with Crippen LogP contribution in [0.4, 0.5) is 5.69 Å². The SMILES string of the molecule is C1CCCCC1.C=C.C=C.C=C.O=[N+]([O-])c1ccccc1. The number of hydrogen-bond acceptors (Lipinski definition) is 2. The van der Waals surface area contributed by atoms with E-state index < -0.39 is 4.92 Å². The maximum absolute atomic E-state index is 10.0. The second-order valence-corrected chi connectivity index (χ2v) is 3.71. The van der Waals surface area contributed by atoms with Gasteiger partial charge in [0.15, 0.2) is 0 Å². The van der Waals surface area contributed by atoms with Crippen molar-refractivity contribution in [2.75, 3.05) is 0 Å². The maximum Gasteiger partial charge on any atom is 0.269 e. The molecule has 1 aliphatic carbocycles. The maximum atomic E-state index is 10.0. The van der Waals surface area contributed by atoms with E-state index in [1.807, 2.05) is 0 Å². The van der Waals surface area contributed by atoms with E-state index in [2.05, 4.69) is 39.5 Å². The predicted molar refractivity (Wildman–Crippen MR) is 94.6 cm³/mol. The first-order valence-corrected chi connectivity index (χ1v) is 7.00. The Labute approximate surface area is 129 Å². The Balaban J connectivity index is -0.000000235. The fourth-order valence-electron chi connectivity index (χ4n) is 1.61. The molecule has 1 saturated carbocycles. The van der Waals surface area contributed by atoms with Gasteiger partial charge in [-0.25, -0.2) is 0 Å². The normalized spacial score (nSPS) is 11.2. The molecule has 0 aromatic heterocycles. The second-order valence-electron chi connectivity index (χ2n) is 3.71. The molecule has 0 bridgehead atoms. The standard InChI is InChI=1S/C6H5NO2.C6H12.3C2H4/c8-7(9)6-4-2-1-3-5-6;1-2-4-6-5-3-1;3*1-2/h1-5H;1-6H2;3*1-2H2. The van der Waals surface area contributed by atoms with Crippen LogP contribution in [0.25, 0.3) is 0 Å². The molecular weight excluding hydrogens is 262 g/mol. The summed E-state index contributed by atoms with van der Waals surface area (Å²) in [5, 5.41) is 10.0. The molecule has 0 heterocycles. The highest BCUT2D eigenvalue weighted by Crippen LogP contribution is 2.15. The molecule has 2 rings (SSSR count). The average molecular weight is 291 g/mol. The van der Waals surface area contributed by atoms with Crippen molar-refractivity contribution in [2.45, 2.75) is 38.5 Å². The van der Waals surface area contributed by atoms with Gasteiger partial charge in [-0.05, 0) is 0 Å². The Morgan fingerprint density at radius 2 is 1.00 bits per heavy atom. The summed E-state index contributed by atoms with van der Waals surface area (Å²) < 4.78 is 0. The highest BCUT2D eigenvalue weighted by atomic mass is 16.6. The average Bonchev–Trinajstić information content (AvgIpc) is 2.63. The Hall–Kier alpha value is -2.16. The van der Waals surface area contributed by atoms with Crippen LogP contribution >= 0.6 is 0 Å². The Kier molecular flexibility index (Phi) is 26.1. The van der Waals surface area contributed by atoms with E-state index in [-0.39, 0.29) is 5.69 Å². The predicted octanol–water partition coefficient (Wildman–Crippen LogP) is 6.34. The second kappa shape index (κ2) is 23.0. The lowest BCUT2D eigenvalue weighted by molar-refractivity contribution is -0.384. The monoisotopic (exact) mass is 291 g/mol. The van der Waals surface area contributed by atoms with Crippen molar-refractivity contribution in [3.63, 3.8) is 0 Å². The smallest absolute Gasteiger partial charge is 0.258 e. The fourth-order valence-corrected chi connectivity index (χ4v) is 1.61. The number of nitro benzene ring substituents is 1. The zero-order valence-corrected chi connectivity index (χ0v) is 13.1. The summed E-state index contributed by atoms with van der Waals surface area (Å²) >= 11 is 0. The molecular formula is C18H29NO2. The number of benzene rings is 1. The highest BCUT2D eigenvalue weighted by Gasteiger charge is 1.98. The first-order valence-electron chi connectivity index (χ1n) is 7.00. The molecule has 1 aromatic carbocycles. The molecule has 1 aliphatic rings. The van der Waals surface area contributed by atoms with E-state index >= 15 is 0 Å². The van der Waals surface area contributed by atoms with Gasteiger partial charge in [-0.1, -0.05) is 56.7 Å². The van der Waals surface area contributed by atoms with Gasteiger partial charge in [-0.3, -0.25) is 10.1 Å². The van der Waals surface area contributed by atoms with E-state index in [0.29, 0.717) is 0 Å². The first-order chi connectivity index (χ1) is 10.3. The summed E-state index contributed by atoms with van der Waals surface area (Å²) in [6.45, 7) is 18.0. The number of nitrogens with zero attached hydrogens (tertiary/aromatic N) is 1. The quantitative estimate of drug-likeness (QED) is 0.344. The molecule has 1 fully saturated rings. The Morgan fingerprint density at radius 3 is 1.19 bits per heavy atom. The minimum absolute atomic E-state index is 0.137. The van der Waals surface area contributed by atoms with Crippen molar-refractivity contribution in [2.24, 2.45) is 0 Å². The van der Waals surface area contributed by atoms with Crippen LogP contribution < -0.4 is 0 Å². The van der Waals surface area contributed by atoms with Crippen molar-refractivity contribution in [3.8, 4) is 0 Å². The summed E-state index contributed by atoms with van der Waals surface area (Å²) in [4.78, 5) is 9.59. The largest absolute Gasteiger partial charge is 0.269 e. The molecule has 0 saturated heterocycles. The summed E-state index contributed by atoms with van der Waals surface area (Å²) in [5.41, 5.74) is 0.137. The van der Waals surface area contributed by atoms with Crippen molar-refractivity contribution in [3.05, 3.63) is 79.9 Å². The summed E-state index contributed by atoms with van der Waals surface area (Å²) in [7, 11) is 0. The lowest BCUT2D eigenvalue weighted by Crippen LogP contribution is -1.85. The van der Waals surface area contributed by atoms with Gasteiger partial charge in [0, 0.05) is 12.1 Å². The van der Waals surface area contributed by atoms with E-state index in [9.17, 15) is 10.1 Å². The third kappa shape index (κ3) is 17.8. The summed E-state index contributed by atoms with van der Waals surface area (Å²) in [5.74, 6) is 0. The summed E-state index contributed by atoms with van der Waals surface area (Å²) in [6, 6.07) is 7.93. The molecule has 0 amide bonds. The molecule has 0 N–H and O–H groups in total. The minimum Gasteiger partial charge on any atom is -0.258 e. The zero-order valence-electron chi connectivity index (χ0n) is 13.1. The van der Waals surface area contributed by atoms with Gasteiger partial charge in [0.05, 0.1) is 4.92 Å². The van der Waals surface area contributed by atoms with Gasteiger partial charge >= 0.3 is 0 Å². The number of nitro groups is 1. The molecule has 0 radical (unpaired) electrons. The first kappa shape index (κ1) is 23.9. The van der Waals surface area contributed by atoms with Gasteiger partial charge < -0.3 is 0 Å². The minimum atomic E-state index is -0.417. The van der Waals surface area contributed by atoms with Crippen LogP contribution in [0, 0.1) is 10.1 Å². The fraction of sp³-hybridized carbons (Fsp3) is 0.333. The van der Waals surface area contributed by atoms with Crippen LogP contribution in [0.3, 0.4) is 0 Å². The van der Waals surface area contributed by atoms with Gasteiger partial charge in [-0.2, -0.15) is 0 Å². The summed E-state index contributed by atoms with van der Waals surface area (Å²) in [6.07, 6.45) is 9.00. The lowest BCUT2D eigenvalue weighted by atomic mass is 10.0. The number of hydrogen-bond donors (Lipinski definition) is 0. The Bertz CT molecular complexity index is 305. The van der Waals surface area contributed by atoms with Gasteiger partial charge in [0.1, 0.15) is 0 Å². The van der Waals surface area contributed by atoms with Crippen LogP contribution in [-0.4, -0.2) is 4.92 Å². The number of rotatable bonds is 1. The highest BCUT2D eigenvalue weighted by molar-refractivity contribution is 5.27. The molecule has 0 aliphatic heterocycles. The molecule has 1 aromatic rings. The van der Waals surface area contributed by atoms with Crippen LogP contribution in [-0.2, 0) is 0 Å². The van der Waals surface area contributed by atoms with E-state index in [0.717, 1.165) is 0 Å². The van der Waals surface area contributed by atoms with Crippen LogP contribution in [0.15, 0.2) is 69.8 Å². The van der Waals surface area contributed by atoms with Crippen molar-refractivity contribution < 1.29 is 4.92 Å². The Morgan fingerprint density at radius 1 is 0.714 bits per heavy atom. The van der Waals surface area contributed by atoms with E-state index in [1.165, 1.54) is 50.7 Å². The van der Waals surface area contributed by atoms with E-state index in [1.54, 1.807) is 18.2 Å². The topological polar surface area (TPSA) is 43.1 Å². The zero-order chi connectivity index (χ0) is 16.9. The molecule has 3 nitrogen and oxygen atoms in total. The van der Waals surface area contributed by atoms with E-state index in [4.69, 9.17) is 0 Å². The molecule has 0 atom stereocenters. The molecule has 21 heavy (non-hydrogen) atoms. The molecule has 0 spiro atoms. The van der Waals surface area contributed by atoms with Gasteiger partial charge in [0.25, 0.3) is 5.69 Å². The molecule has 0 unspecified atom stereocenters. The number of non-ortho nitro benzene ring substituents is 1. The third-order valence-corrected chi connectivity index (χ3v) is 2.47. The van der Waals surface area contributed by atoms with Crippen molar-refractivity contribution in [1.29, 1.82) is 0 Å².